The molecule has 1 aromatic rings. The zero-order chi connectivity index (χ0) is 10.4. The van der Waals surface area contributed by atoms with E-state index >= 15 is 0 Å². The fourth-order valence-corrected chi connectivity index (χ4v) is 0.963. The predicted molar refractivity (Wildman–Crippen MR) is 56.9 cm³/mol. The molecule has 0 aromatic heterocycles. The predicted octanol–water partition coefficient (Wildman–Crippen LogP) is 0.349. The first-order valence-electron chi connectivity index (χ1n) is 4.33. The zero-order valence-electron chi connectivity index (χ0n) is 7.79. The summed E-state index contributed by atoms with van der Waals surface area (Å²) in [6.07, 6.45) is 0. The van der Waals surface area contributed by atoms with E-state index in [0.29, 0.717) is 24.5 Å². The number of nitrogens with one attached hydrogen (secondary N) is 2. The van der Waals surface area contributed by atoms with Gasteiger partial charge in [-0.1, -0.05) is 12.1 Å². The second kappa shape index (κ2) is 5.08. The molecule has 5 nitrogen and oxygen atoms in total. The van der Waals surface area contributed by atoms with E-state index < -0.39 is 0 Å². The molecule has 0 aliphatic heterocycles. The summed E-state index contributed by atoms with van der Waals surface area (Å²) in [5.41, 5.74) is 12.0. The molecule has 0 saturated carbocycles. The first-order valence-corrected chi connectivity index (χ1v) is 4.33. The Kier molecular flexibility index (Phi) is 3.75. The van der Waals surface area contributed by atoms with Crippen molar-refractivity contribution in [1.82, 2.24) is 5.32 Å². The van der Waals surface area contributed by atoms with Gasteiger partial charge in [0.15, 0.2) is 0 Å². The van der Waals surface area contributed by atoms with Crippen LogP contribution < -0.4 is 22.1 Å². The maximum absolute atomic E-state index is 11.2. The molecular weight excluding hydrogens is 180 g/mol. The molecule has 0 aliphatic carbocycles. The van der Waals surface area contributed by atoms with Crippen LogP contribution in [0.1, 0.15) is 0 Å². The van der Waals surface area contributed by atoms with Crippen molar-refractivity contribution in [1.29, 1.82) is 0 Å². The fraction of sp³-hybridized carbons (Fsp3) is 0.222. The Morgan fingerprint density at radius 1 is 1.36 bits per heavy atom. The van der Waals surface area contributed by atoms with Gasteiger partial charge in [0.1, 0.15) is 0 Å². The third-order valence-electron chi connectivity index (χ3n) is 1.64. The number of rotatable bonds is 3. The highest BCUT2D eigenvalue weighted by Gasteiger charge is 2.01. The number of para-hydroxylation sites is 2. The van der Waals surface area contributed by atoms with E-state index in [1.165, 1.54) is 0 Å². The van der Waals surface area contributed by atoms with Gasteiger partial charge in [-0.3, -0.25) is 0 Å². The number of nitrogens with two attached hydrogens (primary N) is 2. The molecule has 0 atom stereocenters. The van der Waals surface area contributed by atoms with E-state index in [0.717, 1.165) is 0 Å². The summed E-state index contributed by atoms with van der Waals surface area (Å²) in [4.78, 5) is 11.2. The molecule has 0 spiro atoms. The average molecular weight is 194 g/mol. The van der Waals surface area contributed by atoms with Crippen molar-refractivity contribution in [2.24, 2.45) is 5.73 Å². The number of carbonyl (C=O) groups excluding carboxylic acids is 1. The average Bonchev–Trinajstić information content (AvgIpc) is 2.18. The van der Waals surface area contributed by atoms with Crippen molar-refractivity contribution < 1.29 is 4.79 Å². The Balaban J connectivity index is 2.52. The molecule has 0 heterocycles. The van der Waals surface area contributed by atoms with E-state index in [4.69, 9.17) is 11.5 Å². The Hall–Kier alpha value is -1.75. The Bertz CT molecular complexity index is 313. The fourth-order valence-electron chi connectivity index (χ4n) is 0.963. The number of hydrogen-bond acceptors (Lipinski definition) is 3. The van der Waals surface area contributed by atoms with Crippen molar-refractivity contribution >= 4 is 17.4 Å². The molecule has 6 N–H and O–H groups in total. The minimum absolute atomic E-state index is 0.298. The normalized spacial score (nSPS) is 9.50. The summed E-state index contributed by atoms with van der Waals surface area (Å²) >= 11 is 0. The molecular formula is C9H14N4O. The standard InChI is InChI=1S/C9H14N4O/c10-5-6-12-9(14)13-8-4-2-1-3-7(8)11/h1-4H,5-6,10-11H2,(H2,12,13,14). The number of anilines is 2. The lowest BCUT2D eigenvalue weighted by molar-refractivity contribution is 0.252. The lowest BCUT2D eigenvalue weighted by atomic mass is 10.3. The lowest BCUT2D eigenvalue weighted by Crippen LogP contribution is -2.33. The molecule has 0 saturated heterocycles. The van der Waals surface area contributed by atoms with Crippen LogP contribution in [0, 0.1) is 0 Å². The van der Waals surface area contributed by atoms with Gasteiger partial charge in [0, 0.05) is 13.1 Å². The van der Waals surface area contributed by atoms with E-state index in [1.807, 2.05) is 0 Å². The van der Waals surface area contributed by atoms with Crippen LogP contribution in [-0.4, -0.2) is 19.1 Å². The molecule has 0 fully saturated rings. The molecule has 0 aliphatic rings. The Morgan fingerprint density at radius 3 is 2.71 bits per heavy atom. The molecule has 0 radical (unpaired) electrons. The van der Waals surface area contributed by atoms with Crippen LogP contribution in [0.3, 0.4) is 0 Å². The SMILES string of the molecule is NCCNC(=O)Nc1ccccc1N. The van der Waals surface area contributed by atoms with Crippen molar-refractivity contribution in [3.8, 4) is 0 Å². The van der Waals surface area contributed by atoms with Crippen molar-refractivity contribution in [2.45, 2.75) is 0 Å². The monoisotopic (exact) mass is 194 g/mol. The number of urea groups is 1. The van der Waals surface area contributed by atoms with Gasteiger partial charge in [-0.05, 0) is 12.1 Å². The Morgan fingerprint density at radius 2 is 2.07 bits per heavy atom. The lowest BCUT2D eigenvalue weighted by Gasteiger charge is -2.08. The number of amides is 2. The van der Waals surface area contributed by atoms with Crippen molar-refractivity contribution in [2.75, 3.05) is 24.1 Å². The summed E-state index contributed by atoms with van der Waals surface area (Å²) in [6.45, 7) is 0.857. The molecule has 1 rings (SSSR count). The summed E-state index contributed by atoms with van der Waals surface area (Å²) in [7, 11) is 0. The van der Waals surface area contributed by atoms with Crippen LogP contribution in [0.4, 0.5) is 16.2 Å². The van der Waals surface area contributed by atoms with Crippen molar-refractivity contribution in [3.63, 3.8) is 0 Å². The number of carbonyl (C=O) groups is 1. The highest BCUT2D eigenvalue weighted by Crippen LogP contribution is 2.15. The van der Waals surface area contributed by atoms with Crippen LogP contribution in [0.25, 0.3) is 0 Å². The molecule has 0 bridgehead atoms. The molecule has 1 aromatic carbocycles. The van der Waals surface area contributed by atoms with Gasteiger partial charge in [-0.2, -0.15) is 0 Å². The highest BCUT2D eigenvalue weighted by atomic mass is 16.2. The summed E-state index contributed by atoms with van der Waals surface area (Å²) in [6, 6.07) is 6.76. The van der Waals surface area contributed by atoms with Gasteiger partial charge >= 0.3 is 6.03 Å². The van der Waals surface area contributed by atoms with Crippen LogP contribution in [-0.2, 0) is 0 Å². The topological polar surface area (TPSA) is 93.2 Å². The number of hydrogen-bond donors (Lipinski definition) is 4. The smallest absolute Gasteiger partial charge is 0.319 e. The number of nitrogen functional groups attached to an aromatic ring is 1. The third kappa shape index (κ3) is 2.95. The van der Waals surface area contributed by atoms with Crippen LogP contribution in [0.5, 0.6) is 0 Å². The van der Waals surface area contributed by atoms with Crippen molar-refractivity contribution in [3.05, 3.63) is 24.3 Å². The van der Waals surface area contributed by atoms with Crippen LogP contribution in [0.2, 0.25) is 0 Å². The van der Waals surface area contributed by atoms with Gasteiger partial charge in [-0.15, -0.1) is 0 Å². The van der Waals surface area contributed by atoms with E-state index in [-0.39, 0.29) is 6.03 Å². The second-order valence-electron chi connectivity index (χ2n) is 2.76. The van der Waals surface area contributed by atoms with Gasteiger partial charge in [0.2, 0.25) is 0 Å². The largest absolute Gasteiger partial charge is 0.397 e. The van der Waals surface area contributed by atoms with Crippen LogP contribution >= 0.6 is 0 Å². The van der Waals surface area contributed by atoms with Gasteiger partial charge < -0.3 is 22.1 Å². The van der Waals surface area contributed by atoms with E-state index in [2.05, 4.69) is 10.6 Å². The van der Waals surface area contributed by atoms with E-state index in [1.54, 1.807) is 24.3 Å². The molecule has 0 unspecified atom stereocenters. The minimum Gasteiger partial charge on any atom is -0.397 e. The zero-order valence-corrected chi connectivity index (χ0v) is 7.79. The molecule has 2 amide bonds. The number of benzene rings is 1. The first-order chi connectivity index (χ1) is 6.74. The maximum atomic E-state index is 11.2. The molecule has 14 heavy (non-hydrogen) atoms. The van der Waals surface area contributed by atoms with Gasteiger partial charge in [-0.25, -0.2) is 4.79 Å². The van der Waals surface area contributed by atoms with E-state index in [9.17, 15) is 4.79 Å². The Labute approximate surface area is 82.5 Å². The second-order valence-corrected chi connectivity index (χ2v) is 2.76. The minimum atomic E-state index is -0.298. The van der Waals surface area contributed by atoms with Crippen LogP contribution in [0.15, 0.2) is 24.3 Å². The highest BCUT2D eigenvalue weighted by molar-refractivity contribution is 5.92. The van der Waals surface area contributed by atoms with Gasteiger partial charge in [0.25, 0.3) is 0 Å². The summed E-state index contributed by atoms with van der Waals surface area (Å²) in [5.74, 6) is 0. The summed E-state index contributed by atoms with van der Waals surface area (Å²) in [5, 5.41) is 5.19. The molecule has 76 valence electrons. The first kappa shape index (κ1) is 10.3. The molecule has 5 heteroatoms. The maximum Gasteiger partial charge on any atom is 0.319 e. The summed E-state index contributed by atoms with van der Waals surface area (Å²) < 4.78 is 0. The van der Waals surface area contributed by atoms with Gasteiger partial charge in [0.05, 0.1) is 11.4 Å². The third-order valence-corrected chi connectivity index (χ3v) is 1.64. The quantitative estimate of drug-likeness (QED) is 0.523.